The Balaban J connectivity index is 4.88. The van der Waals surface area contributed by atoms with Crippen molar-refractivity contribution >= 4 is 21.4 Å². The number of nitriles is 1. The highest BCUT2D eigenvalue weighted by molar-refractivity contribution is 7.94. The van der Waals surface area contributed by atoms with Gasteiger partial charge < -0.3 is 0 Å². The highest BCUT2D eigenvalue weighted by Gasteiger charge is 2.35. The van der Waals surface area contributed by atoms with Crippen molar-refractivity contribution in [2.75, 3.05) is 5.75 Å². The van der Waals surface area contributed by atoms with Crippen molar-refractivity contribution in [1.29, 1.82) is 5.26 Å². The lowest BCUT2D eigenvalue weighted by molar-refractivity contribution is 0.588. The van der Waals surface area contributed by atoms with Gasteiger partial charge in [0.15, 0.2) is 9.84 Å². The molecule has 0 aliphatic carbocycles. The quantitative estimate of drug-likeness (QED) is 0.595. The molecule has 58 valence electrons. The minimum Gasteiger partial charge on any atom is -0.226 e. The fourth-order valence-electron chi connectivity index (χ4n) is 0.341. The number of hydrogen-bond acceptors (Lipinski definition) is 3. The van der Waals surface area contributed by atoms with E-state index in [1.54, 1.807) is 0 Å². The predicted molar refractivity (Wildman–Crippen MR) is 39.3 cm³/mol. The van der Waals surface area contributed by atoms with E-state index in [1.807, 2.05) is 0 Å². The number of sulfone groups is 1. The first-order valence-corrected chi connectivity index (χ1v) is 4.73. The molecule has 1 atom stereocenters. The lowest BCUT2D eigenvalue weighted by Crippen LogP contribution is -2.28. The Bertz CT molecular complexity index is 249. The van der Waals surface area contributed by atoms with Crippen molar-refractivity contribution < 1.29 is 8.42 Å². The molecule has 0 rings (SSSR count). The van der Waals surface area contributed by atoms with Crippen LogP contribution in [0.1, 0.15) is 13.8 Å². The normalized spacial score (nSPS) is 17.4. The number of nitrogens with zero attached hydrogens (tertiary/aromatic N) is 1. The average molecular weight is 182 g/mol. The van der Waals surface area contributed by atoms with Gasteiger partial charge in [-0.15, -0.1) is 0 Å². The van der Waals surface area contributed by atoms with E-state index in [9.17, 15) is 8.42 Å². The Labute approximate surface area is 65.5 Å². The summed E-state index contributed by atoms with van der Waals surface area (Å²) in [7, 11) is -3.44. The molecular weight excluding hydrogens is 174 g/mol. The zero-order valence-corrected chi connectivity index (χ0v) is 7.33. The highest BCUT2D eigenvalue weighted by Crippen LogP contribution is 2.21. The zero-order chi connectivity index (χ0) is 8.41. The van der Waals surface area contributed by atoms with Gasteiger partial charge in [0, 0.05) is 0 Å². The van der Waals surface area contributed by atoms with Crippen molar-refractivity contribution in [3.05, 3.63) is 0 Å². The summed E-state index contributed by atoms with van der Waals surface area (Å²) in [6.45, 7) is 2.63. The second-order valence-electron chi connectivity index (χ2n) is 1.93. The van der Waals surface area contributed by atoms with E-state index >= 15 is 0 Å². The van der Waals surface area contributed by atoms with E-state index in [1.165, 1.54) is 19.9 Å². The molecule has 0 aromatic heterocycles. The van der Waals surface area contributed by atoms with Gasteiger partial charge in [0.2, 0.25) is 4.21 Å². The van der Waals surface area contributed by atoms with Crippen LogP contribution >= 0.6 is 11.6 Å². The predicted octanol–water partition coefficient (Wildman–Crippen LogP) is 0.900. The van der Waals surface area contributed by atoms with Crippen LogP contribution in [0.3, 0.4) is 0 Å². The van der Waals surface area contributed by atoms with Gasteiger partial charge in [0.25, 0.3) is 0 Å². The molecule has 0 saturated carbocycles. The van der Waals surface area contributed by atoms with Gasteiger partial charge in [-0.2, -0.15) is 5.26 Å². The summed E-state index contributed by atoms with van der Waals surface area (Å²) < 4.78 is 20.0. The molecule has 0 fully saturated rings. The molecule has 0 saturated heterocycles. The Morgan fingerprint density at radius 3 is 2.20 bits per heavy atom. The van der Waals surface area contributed by atoms with Gasteiger partial charge in [0.05, 0.1) is 5.75 Å². The van der Waals surface area contributed by atoms with E-state index < -0.39 is 14.0 Å². The molecule has 0 aliphatic rings. The number of rotatable bonds is 2. The molecule has 10 heavy (non-hydrogen) atoms. The third-order valence-corrected chi connectivity index (χ3v) is 3.97. The first-order chi connectivity index (χ1) is 4.37. The van der Waals surface area contributed by atoms with Crippen LogP contribution in [0.15, 0.2) is 0 Å². The number of alkyl halides is 1. The molecule has 0 amide bonds. The van der Waals surface area contributed by atoms with Gasteiger partial charge in [0.1, 0.15) is 6.07 Å². The molecule has 0 aromatic rings. The van der Waals surface area contributed by atoms with E-state index in [0.717, 1.165) is 0 Å². The maximum Gasteiger partial charge on any atom is 0.227 e. The van der Waals surface area contributed by atoms with Crippen molar-refractivity contribution in [3.8, 4) is 6.07 Å². The van der Waals surface area contributed by atoms with Crippen LogP contribution in [0.4, 0.5) is 0 Å². The Kier molecular flexibility index (Phi) is 2.69. The third kappa shape index (κ3) is 1.61. The summed E-state index contributed by atoms with van der Waals surface area (Å²) in [5.74, 6) is -0.111. The van der Waals surface area contributed by atoms with Crippen molar-refractivity contribution in [2.45, 2.75) is 18.1 Å². The molecule has 5 heteroatoms. The van der Waals surface area contributed by atoms with Gasteiger partial charge in [-0.3, -0.25) is 0 Å². The maximum atomic E-state index is 10.9. The number of halogens is 1. The third-order valence-electron chi connectivity index (χ3n) is 1.16. The molecule has 0 N–H and O–H groups in total. The van der Waals surface area contributed by atoms with Crippen molar-refractivity contribution in [3.63, 3.8) is 0 Å². The van der Waals surface area contributed by atoms with E-state index in [4.69, 9.17) is 16.9 Å². The Morgan fingerprint density at radius 1 is 1.70 bits per heavy atom. The summed E-state index contributed by atoms with van der Waals surface area (Å²) >= 11 is 5.36. The second kappa shape index (κ2) is 2.77. The molecule has 0 spiro atoms. The summed E-state index contributed by atoms with van der Waals surface area (Å²) in [6, 6.07) is 1.51. The summed E-state index contributed by atoms with van der Waals surface area (Å²) in [5.41, 5.74) is 0. The monoisotopic (exact) mass is 181 g/mol. The first kappa shape index (κ1) is 9.73. The lowest BCUT2D eigenvalue weighted by Gasteiger charge is -2.10. The van der Waals surface area contributed by atoms with Crippen LogP contribution in [0.5, 0.6) is 0 Å². The SMILES string of the molecule is CCS(=O)(=O)[C@@](C)(Cl)C#N. The average Bonchev–Trinajstić information content (AvgIpc) is 1.88. The topological polar surface area (TPSA) is 57.9 Å². The minimum atomic E-state index is -3.44. The first-order valence-electron chi connectivity index (χ1n) is 2.70. The van der Waals surface area contributed by atoms with Gasteiger partial charge in [-0.05, 0) is 6.92 Å². The van der Waals surface area contributed by atoms with Gasteiger partial charge >= 0.3 is 0 Å². The van der Waals surface area contributed by atoms with Crippen LogP contribution in [0.2, 0.25) is 0 Å². The van der Waals surface area contributed by atoms with Gasteiger partial charge in [-0.1, -0.05) is 18.5 Å². The molecular formula is C5H8ClNO2S. The standard InChI is InChI=1S/C5H8ClNO2S/c1-3-10(8,9)5(2,6)4-7/h3H2,1-2H3/t5-/m1/s1. The summed E-state index contributed by atoms with van der Waals surface area (Å²) in [6.07, 6.45) is 0. The lowest BCUT2D eigenvalue weighted by atomic mass is 10.5. The Morgan fingerprint density at radius 2 is 2.10 bits per heavy atom. The molecule has 0 bridgehead atoms. The molecule has 0 radical (unpaired) electrons. The van der Waals surface area contributed by atoms with Crippen LogP contribution in [-0.4, -0.2) is 18.4 Å². The molecule has 3 nitrogen and oxygen atoms in total. The summed E-state index contributed by atoms with van der Waals surface area (Å²) in [5, 5.41) is 8.30. The fourth-order valence-corrected chi connectivity index (χ4v) is 1.35. The van der Waals surface area contributed by atoms with Crippen LogP contribution in [-0.2, 0) is 9.84 Å². The minimum absolute atomic E-state index is 0.111. The van der Waals surface area contributed by atoms with Crippen molar-refractivity contribution in [2.24, 2.45) is 0 Å². The largest absolute Gasteiger partial charge is 0.227 e. The van der Waals surface area contributed by atoms with Crippen LogP contribution in [0, 0.1) is 11.3 Å². The maximum absolute atomic E-state index is 10.9. The smallest absolute Gasteiger partial charge is 0.226 e. The second-order valence-corrected chi connectivity index (χ2v) is 5.54. The zero-order valence-electron chi connectivity index (χ0n) is 5.76. The van der Waals surface area contributed by atoms with E-state index in [2.05, 4.69) is 0 Å². The van der Waals surface area contributed by atoms with E-state index in [0.29, 0.717) is 0 Å². The van der Waals surface area contributed by atoms with E-state index in [-0.39, 0.29) is 5.75 Å². The van der Waals surface area contributed by atoms with Crippen LogP contribution in [0.25, 0.3) is 0 Å². The molecule has 0 aliphatic heterocycles. The highest BCUT2D eigenvalue weighted by atomic mass is 35.5. The fraction of sp³-hybridized carbons (Fsp3) is 0.800. The van der Waals surface area contributed by atoms with Crippen molar-refractivity contribution in [1.82, 2.24) is 0 Å². The number of hydrogen-bond donors (Lipinski definition) is 0. The summed E-state index contributed by atoms with van der Waals surface area (Å²) in [4.78, 5) is 0. The van der Waals surface area contributed by atoms with Gasteiger partial charge in [-0.25, -0.2) is 8.42 Å². The molecule has 0 heterocycles. The van der Waals surface area contributed by atoms with Crippen LogP contribution < -0.4 is 0 Å². The Hall–Kier alpha value is -0.270. The molecule has 0 unspecified atom stereocenters. The molecule has 0 aromatic carbocycles.